The molecule has 0 saturated carbocycles. The molecule has 5 nitrogen and oxygen atoms in total. The second-order valence-corrected chi connectivity index (χ2v) is 4.97. The highest BCUT2D eigenvalue weighted by molar-refractivity contribution is 5.87. The minimum absolute atomic E-state index is 0.337. The Morgan fingerprint density at radius 2 is 2.13 bits per heavy atom. The molecule has 0 unspecified atom stereocenters. The van der Waals surface area contributed by atoms with Crippen LogP contribution in [0, 0.1) is 0 Å². The van der Waals surface area contributed by atoms with E-state index in [0.717, 1.165) is 28.0 Å². The highest BCUT2D eigenvalue weighted by Gasteiger charge is 2.00. The fourth-order valence-corrected chi connectivity index (χ4v) is 2.25. The van der Waals surface area contributed by atoms with E-state index in [1.165, 1.54) is 6.08 Å². The molecular weight excluding hydrogens is 290 g/mol. The van der Waals surface area contributed by atoms with E-state index < -0.39 is 0 Å². The molecule has 23 heavy (non-hydrogen) atoms. The van der Waals surface area contributed by atoms with E-state index >= 15 is 0 Å². The Balaban J connectivity index is 1.75. The molecule has 2 N–H and O–H groups in total. The van der Waals surface area contributed by atoms with Crippen LogP contribution < -0.4 is 5.32 Å². The van der Waals surface area contributed by atoms with Gasteiger partial charge >= 0.3 is 5.97 Å². The molecule has 3 aromatic rings. The SMILES string of the molecule is CCOC(=O)/C=C/c1cccc(Nc2ccc3nc[nH]c3c2)c1. The van der Waals surface area contributed by atoms with Gasteiger partial charge in [-0.3, -0.25) is 0 Å². The molecule has 5 heteroatoms. The van der Waals surface area contributed by atoms with Gasteiger partial charge in [-0.25, -0.2) is 9.78 Å². The lowest BCUT2D eigenvalue weighted by molar-refractivity contribution is -0.137. The van der Waals surface area contributed by atoms with Crippen molar-refractivity contribution in [2.75, 3.05) is 11.9 Å². The number of benzene rings is 2. The summed E-state index contributed by atoms with van der Waals surface area (Å²) in [6.45, 7) is 2.16. The zero-order chi connectivity index (χ0) is 16.1. The molecule has 0 amide bonds. The van der Waals surface area contributed by atoms with Crippen LogP contribution in [0.25, 0.3) is 17.1 Å². The number of hydrogen-bond donors (Lipinski definition) is 2. The van der Waals surface area contributed by atoms with E-state index in [0.29, 0.717) is 6.61 Å². The van der Waals surface area contributed by atoms with Crippen molar-refractivity contribution < 1.29 is 9.53 Å². The van der Waals surface area contributed by atoms with Gasteiger partial charge in [0.25, 0.3) is 0 Å². The number of carbonyl (C=O) groups is 1. The van der Waals surface area contributed by atoms with Crippen molar-refractivity contribution in [3.05, 3.63) is 60.4 Å². The number of anilines is 2. The second kappa shape index (κ2) is 6.79. The number of rotatable bonds is 5. The summed E-state index contributed by atoms with van der Waals surface area (Å²) < 4.78 is 4.87. The minimum Gasteiger partial charge on any atom is -0.463 e. The van der Waals surface area contributed by atoms with E-state index in [2.05, 4.69) is 15.3 Å². The lowest BCUT2D eigenvalue weighted by Gasteiger charge is -2.07. The Hall–Kier alpha value is -3.08. The molecule has 0 aliphatic carbocycles. The normalized spacial score (nSPS) is 11.0. The van der Waals surface area contributed by atoms with E-state index in [4.69, 9.17) is 4.74 Å². The summed E-state index contributed by atoms with van der Waals surface area (Å²) in [5.74, 6) is -0.337. The van der Waals surface area contributed by atoms with Gasteiger partial charge < -0.3 is 15.0 Å². The maximum atomic E-state index is 11.4. The van der Waals surface area contributed by atoms with E-state index in [-0.39, 0.29) is 5.97 Å². The number of carbonyl (C=O) groups excluding carboxylic acids is 1. The Kier molecular flexibility index (Phi) is 4.38. The summed E-state index contributed by atoms with van der Waals surface area (Å²) in [5.41, 5.74) is 4.74. The van der Waals surface area contributed by atoms with Crippen LogP contribution in [0.3, 0.4) is 0 Å². The molecule has 2 aromatic carbocycles. The summed E-state index contributed by atoms with van der Waals surface area (Å²) in [6, 6.07) is 13.7. The predicted molar refractivity (Wildman–Crippen MR) is 91.5 cm³/mol. The van der Waals surface area contributed by atoms with Crippen LogP contribution >= 0.6 is 0 Å². The van der Waals surface area contributed by atoms with Gasteiger partial charge in [0.2, 0.25) is 0 Å². The number of hydrogen-bond acceptors (Lipinski definition) is 4. The predicted octanol–water partition coefficient (Wildman–Crippen LogP) is 3.88. The molecule has 0 spiro atoms. The Labute approximate surface area is 134 Å². The van der Waals surface area contributed by atoms with Gasteiger partial charge in [-0.1, -0.05) is 12.1 Å². The maximum Gasteiger partial charge on any atom is 0.330 e. The van der Waals surface area contributed by atoms with Gasteiger partial charge in [-0.15, -0.1) is 0 Å². The van der Waals surface area contributed by atoms with Crippen molar-refractivity contribution in [1.82, 2.24) is 9.97 Å². The third kappa shape index (κ3) is 3.77. The number of nitrogens with zero attached hydrogens (tertiary/aromatic N) is 1. The molecule has 0 bridgehead atoms. The minimum atomic E-state index is -0.337. The third-order valence-corrected chi connectivity index (χ3v) is 3.29. The third-order valence-electron chi connectivity index (χ3n) is 3.29. The molecule has 1 aromatic heterocycles. The summed E-state index contributed by atoms with van der Waals surface area (Å²) in [5, 5.41) is 3.34. The van der Waals surface area contributed by atoms with Gasteiger partial charge in [-0.2, -0.15) is 0 Å². The smallest absolute Gasteiger partial charge is 0.330 e. The van der Waals surface area contributed by atoms with Crippen LogP contribution in [0.2, 0.25) is 0 Å². The molecule has 0 saturated heterocycles. The zero-order valence-corrected chi connectivity index (χ0v) is 12.7. The van der Waals surface area contributed by atoms with Gasteiger partial charge in [-0.05, 0) is 48.9 Å². The molecule has 0 atom stereocenters. The number of aromatic nitrogens is 2. The van der Waals surface area contributed by atoms with Gasteiger partial charge in [0.1, 0.15) is 0 Å². The van der Waals surface area contributed by atoms with E-state index in [1.807, 2.05) is 42.5 Å². The summed E-state index contributed by atoms with van der Waals surface area (Å²) in [4.78, 5) is 18.6. The maximum absolute atomic E-state index is 11.4. The summed E-state index contributed by atoms with van der Waals surface area (Å²) in [6.07, 6.45) is 4.84. The first kappa shape index (κ1) is 14.8. The fourth-order valence-electron chi connectivity index (χ4n) is 2.25. The zero-order valence-electron chi connectivity index (χ0n) is 12.7. The van der Waals surface area contributed by atoms with Crippen LogP contribution in [0.5, 0.6) is 0 Å². The first-order valence-electron chi connectivity index (χ1n) is 7.39. The standard InChI is InChI=1S/C18H17N3O2/c1-2-23-18(22)9-6-13-4-3-5-14(10-13)21-15-7-8-16-17(11-15)20-12-19-16/h3-12,21H,2H2,1H3,(H,19,20)/b9-6+. The number of fused-ring (bicyclic) bond motifs is 1. The van der Waals surface area contributed by atoms with Crippen molar-refractivity contribution in [2.45, 2.75) is 6.92 Å². The molecule has 0 aliphatic heterocycles. The number of aromatic amines is 1. The average Bonchev–Trinajstić information content (AvgIpc) is 3.01. The highest BCUT2D eigenvalue weighted by atomic mass is 16.5. The number of ether oxygens (including phenoxy) is 1. The number of imidazole rings is 1. The molecule has 0 fully saturated rings. The highest BCUT2D eigenvalue weighted by Crippen LogP contribution is 2.21. The van der Waals surface area contributed by atoms with Crippen molar-refractivity contribution in [3.8, 4) is 0 Å². The molecule has 3 rings (SSSR count). The lowest BCUT2D eigenvalue weighted by Crippen LogP contribution is -1.98. The van der Waals surface area contributed by atoms with Crippen LogP contribution in [-0.2, 0) is 9.53 Å². The second-order valence-electron chi connectivity index (χ2n) is 4.97. The largest absolute Gasteiger partial charge is 0.463 e. The van der Waals surface area contributed by atoms with Crippen molar-refractivity contribution in [3.63, 3.8) is 0 Å². The van der Waals surface area contributed by atoms with Gasteiger partial charge in [0.15, 0.2) is 0 Å². The molecule has 0 aliphatic rings. The lowest BCUT2D eigenvalue weighted by atomic mass is 10.1. The summed E-state index contributed by atoms with van der Waals surface area (Å²) >= 11 is 0. The molecule has 0 radical (unpaired) electrons. The first-order chi connectivity index (χ1) is 11.2. The van der Waals surface area contributed by atoms with Crippen LogP contribution in [-0.4, -0.2) is 22.5 Å². The number of H-pyrrole nitrogens is 1. The Morgan fingerprint density at radius 3 is 3.00 bits per heavy atom. The van der Waals surface area contributed by atoms with Crippen molar-refractivity contribution >= 4 is 34.5 Å². The Bertz CT molecular complexity index is 852. The number of nitrogens with one attached hydrogen (secondary N) is 2. The van der Waals surface area contributed by atoms with E-state index in [1.54, 1.807) is 19.3 Å². The Morgan fingerprint density at radius 1 is 1.26 bits per heavy atom. The van der Waals surface area contributed by atoms with Crippen molar-refractivity contribution in [2.24, 2.45) is 0 Å². The molecule has 116 valence electrons. The summed E-state index contributed by atoms with van der Waals surface area (Å²) in [7, 11) is 0. The van der Waals surface area contributed by atoms with Gasteiger partial charge in [0, 0.05) is 17.5 Å². The molecular formula is C18H17N3O2. The van der Waals surface area contributed by atoms with Crippen molar-refractivity contribution in [1.29, 1.82) is 0 Å². The quantitative estimate of drug-likeness (QED) is 0.554. The number of esters is 1. The van der Waals surface area contributed by atoms with Gasteiger partial charge in [0.05, 0.1) is 24.0 Å². The monoisotopic (exact) mass is 307 g/mol. The fraction of sp³-hybridized carbons (Fsp3) is 0.111. The van der Waals surface area contributed by atoms with Crippen LogP contribution in [0.4, 0.5) is 11.4 Å². The first-order valence-corrected chi connectivity index (χ1v) is 7.39. The van der Waals surface area contributed by atoms with E-state index in [9.17, 15) is 4.79 Å². The van der Waals surface area contributed by atoms with Crippen LogP contribution in [0.15, 0.2) is 54.9 Å². The van der Waals surface area contributed by atoms with Crippen LogP contribution in [0.1, 0.15) is 12.5 Å². The topological polar surface area (TPSA) is 67.0 Å². The molecule has 1 heterocycles. The average molecular weight is 307 g/mol.